The first-order chi connectivity index (χ1) is 8.71. The normalized spacial score (nSPS) is 13.8. The van der Waals surface area contributed by atoms with Crippen LogP contribution in [-0.2, 0) is 10.0 Å². The quantitative estimate of drug-likeness (QED) is 0.844. The Hall–Kier alpha value is -0.490. The molecule has 0 heterocycles. The first-order valence-corrected chi connectivity index (χ1v) is 8.14. The van der Waals surface area contributed by atoms with E-state index in [1.807, 2.05) is 13.8 Å². The predicted octanol–water partition coefficient (Wildman–Crippen LogP) is 3.38. The van der Waals surface area contributed by atoms with Gasteiger partial charge in [-0.05, 0) is 25.5 Å². The van der Waals surface area contributed by atoms with Crippen molar-refractivity contribution in [1.29, 1.82) is 0 Å². The van der Waals surface area contributed by atoms with Crippen molar-refractivity contribution in [3.63, 3.8) is 0 Å². The van der Waals surface area contributed by atoms with Gasteiger partial charge in [-0.1, -0.05) is 36.5 Å². The molecule has 0 spiro atoms. The Labute approximate surface area is 124 Å². The molecule has 4 nitrogen and oxygen atoms in total. The summed E-state index contributed by atoms with van der Waals surface area (Å²) in [6.45, 7) is 3.85. The molecule has 0 bridgehead atoms. The maximum atomic E-state index is 12.5. The molecule has 0 fully saturated rings. The zero-order valence-corrected chi connectivity index (χ0v) is 13.5. The van der Waals surface area contributed by atoms with Gasteiger partial charge in [-0.3, -0.25) is 0 Å². The monoisotopic (exact) mass is 324 g/mol. The highest BCUT2D eigenvalue weighted by atomic mass is 35.5. The lowest BCUT2D eigenvalue weighted by Gasteiger charge is -2.25. The summed E-state index contributed by atoms with van der Waals surface area (Å²) in [5.74, 6) is 0. The van der Waals surface area contributed by atoms with Gasteiger partial charge >= 0.3 is 0 Å². The molecule has 0 saturated carbocycles. The van der Waals surface area contributed by atoms with Crippen LogP contribution in [-0.4, -0.2) is 25.8 Å². The zero-order valence-electron chi connectivity index (χ0n) is 11.2. The van der Waals surface area contributed by atoms with E-state index in [2.05, 4.69) is 0 Å². The van der Waals surface area contributed by atoms with Gasteiger partial charge in [0.15, 0.2) is 0 Å². The Morgan fingerprint density at radius 2 is 1.95 bits per heavy atom. The molecule has 0 aliphatic carbocycles. The number of anilines is 1. The van der Waals surface area contributed by atoms with Gasteiger partial charge in [-0.15, -0.1) is 0 Å². The lowest BCUT2D eigenvalue weighted by atomic mass is 10.2. The van der Waals surface area contributed by atoms with Crippen molar-refractivity contribution in [2.24, 2.45) is 0 Å². The molecule has 0 aliphatic heterocycles. The largest absolute Gasteiger partial charge is 0.398 e. The smallest absolute Gasteiger partial charge is 0.246 e. The Bertz CT molecular complexity index is 538. The van der Waals surface area contributed by atoms with E-state index in [1.165, 1.54) is 23.5 Å². The van der Waals surface area contributed by atoms with E-state index in [4.69, 9.17) is 28.9 Å². The molecule has 0 radical (unpaired) electrons. The fourth-order valence-electron chi connectivity index (χ4n) is 1.83. The summed E-state index contributed by atoms with van der Waals surface area (Å²) in [4.78, 5) is -0.0796. The van der Waals surface area contributed by atoms with Crippen LogP contribution in [0.4, 0.5) is 5.69 Å². The predicted molar refractivity (Wildman–Crippen MR) is 80.2 cm³/mol. The molecule has 0 saturated heterocycles. The fourth-order valence-corrected chi connectivity index (χ4v) is 4.16. The number of hydrogen-bond acceptors (Lipinski definition) is 3. The maximum Gasteiger partial charge on any atom is 0.246 e. The van der Waals surface area contributed by atoms with Gasteiger partial charge in [0, 0.05) is 18.1 Å². The summed E-state index contributed by atoms with van der Waals surface area (Å²) in [5.41, 5.74) is 5.81. The highest BCUT2D eigenvalue weighted by Crippen LogP contribution is 2.33. The van der Waals surface area contributed by atoms with Gasteiger partial charge in [-0.25, -0.2) is 8.42 Å². The number of halogens is 2. The highest BCUT2D eigenvalue weighted by Gasteiger charge is 2.29. The van der Waals surface area contributed by atoms with Crippen LogP contribution in [0.15, 0.2) is 17.0 Å². The summed E-state index contributed by atoms with van der Waals surface area (Å²) in [6, 6.07) is 2.64. The minimum absolute atomic E-state index is 0.0422. The van der Waals surface area contributed by atoms with Crippen molar-refractivity contribution < 1.29 is 8.42 Å². The Balaban J connectivity index is 3.28. The van der Waals surface area contributed by atoms with E-state index in [9.17, 15) is 8.42 Å². The minimum Gasteiger partial charge on any atom is -0.398 e. The van der Waals surface area contributed by atoms with Crippen molar-refractivity contribution in [1.82, 2.24) is 4.31 Å². The topological polar surface area (TPSA) is 63.4 Å². The number of nitrogen functional groups attached to an aromatic ring is 1. The van der Waals surface area contributed by atoms with E-state index < -0.39 is 10.0 Å². The van der Waals surface area contributed by atoms with E-state index in [-0.39, 0.29) is 21.6 Å². The molecule has 7 heteroatoms. The van der Waals surface area contributed by atoms with E-state index in [0.717, 1.165) is 12.8 Å². The summed E-state index contributed by atoms with van der Waals surface area (Å²) >= 11 is 11.8. The van der Waals surface area contributed by atoms with E-state index in [1.54, 1.807) is 0 Å². The zero-order chi connectivity index (χ0) is 14.8. The second kappa shape index (κ2) is 6.31. The molecule has 108 valence electrons. The van der Waals surface area contributed by atoms with Crippen LogP contribution in [0, 0.1) is 0 Å². The van der Waals surface area contributed by atoms with E-state index in [0.29, 0.717) is 5.02 Å². The molecule has 0 aromatic heterocycles. The molecule has 1 atom stereocenters. The summed E-state index contributed by atoms with van der Waals surface area (Å²) in [6.07, 6.45) is 1.66. The van der Waals surface area contributed by atoms with Crippen molar-refractivity contribution in [2.45, 2.75) is 37.6 Å². The van der Waals surface area contributed by atoms with Crippen molar-refractivity contribution in [3.05, 3.63) is 22.2 Å². The number of nitrogens with two attached hydrogens (primary N) is 1. The number of hydrogen-bond donors (Lipinski definition) is 1. The second-order valence-electron chi connectivity index (χ2n) is 4.46. The van der Waals surface area contributed by atoms with Crippen LogP contribution >= 0.6 is 23.2 Å². The molecule has 1 rings (SSSR count). The lowest BCUT2D eigenvalue weighted by Crippen LogP contribution is -2.35. The number of rotatable bonds is 5. The average molecular weight is 325 g/mol. The summed E-state index contributed by atoms with van der Waals surface area (Å²) in [5, 5.41) is 0.353. The van der Waals surface area contributed by atoms with E-state index >= 15 is 0 Å². The van der Waals surface area contributed by atoms with Crippen LogP contribution in [0.1, 0.15) is 26.7 Å². The fraction of sp³-hybridized carbons (Fsp3) is 0.500. The SMILES string of the molecule is CCCC(C)N(C)S(=O)(=O)c1c(N)cc(Cl)cc1Cl. The average Bonchev–Trinajstić information content (AvgIpc) is 2.26. The second-order valence-corrected chi connectivity index (χ2v) is 7.24. The number of nitrogens with zero attached hydrogens (tertiary/aromatic N) is 1. The highest BCUT2D eigenvalue weighted by molar-refractivity contribution is 7.89. The molecule has 1 unspecified atom stereocenters. The van der Waals surface area contributed by atoms with Crippen molar-refractivity contribution in [2.75, 3.05) is 12.8 Å². The molecule has 0 aliphatic rings. The summed E-state index contributed by atoms with van der Waals surface area (Å²) in [7, 11) is -2.19. The van der Waals surface area contributed by atoms with Crippen LogP contribution in [0.2, 0.25) is 10.0 Å². The molecule has 19 heavy (non-hydrogen) atoms. The van der Waals surface area contributed by atoms with Gasteiger partial charge in [0.1, 0.15) is 4.90 Å². The number of benzene rings is 1. The maximum absolute atomic E-state index is 12.5. The Morgan fingerprint density at radius 1 is 1.37 bits per heavy atom. The third kappa shape index (κ3) is 3.54. The number of sulfonamides is 1. The van der Waals surface area contributed by atoms with Gasteiger partial charge in [-0.2, -0.15) is 4.31 Å². The van der Waals surface area contributed by atoms with Crippen LogP contribution in [0.25, 0.3) is 0 Å². The third-order valence-corrected chi connectivity index (χ3v) is 5.72. The van der Waals surface area contributed by atoms with Crippen molar-refractivity contribution >= 4 is 38.9 Å². The first-order valence-electron chi connectivity index (χ1n) is 5.94. The molecule has 1 aromatic rings. The van der Waals surface area contributed by atoms with Crippen LogP contribution in [0.3, 0.4) is 0 Å². The summed E-state index contributed by atoms with van der Waals surface area (Å²) < 4.78 is 26.3. The first kappa shape index (κ1) is 16.6. The third-order valence-electron chi connectivity index (χ3n) is 3.00. The lowest BCUT2D eigenvalue weighted by molar-refractivity contribution is 0.369. The van der Waals surface area contributed by atoms with Gasteiger partial charge in [0.05, 0.1) is 10.7 Å². The minimum atomic E-state index is -3.72. The molecular weight excluding hydrogens is 307 g/mol. The van der Waals surface area contributed by atoms with Gasteiger partial charge in [0.2, 0.25) is 10.0 Å². The molecule has 1 aromatic carbocycles. The van der Waals surface area contributed by atoms with Gasteiger partial charge in [0.25, 0.3) is 0 Å². The standard InChI is InChI=1S/C12H18Cl2N2O2S/c1-4-5-8(2)16(3)19(17,18)12-10(14)6-9(13)7-11(12)15/h6-8H,4-5,15H2,1-3H3. The Morgan fingerprint density at radius 3 is 2.42 bits per heavy atom. The molecular formula is C12H18Cl2N2O2S. The van der Waals surface area contributed by atoms with Crippen LogP contribution in [0.5, 0.6) is 0 Å². The Kier molecular flexibility index (Phi) is 5.50. The molecule has 2 N–H and O–H groups in total. The van der Waals surface area contributed by atoms with Crippen LogP contribution < -0.4 is 5.73 Å². The van der Waals surface area contributed by atoms with Crippen molar-refractivity contribution in [3.8, 4) is 0 Å². The van der Waals surface area contributed by atoms with Gasteiger partial charge < -0.3 is 5.73 Å². The molecule has 0 amide bonds.